The molecule has 2 saturated heterocycles. The average Bonchev–Trinajstić information content (AvgIpc) is 3.39. The van der Waals surface area contributed by atoms with Crippen molar-refractivity contribution in [3.05, 3.63) is 40.1 Å². The average molecular weight is 617 g/mol. The van der Waals surface area contributed by atoms with Crippen molar-refractivity contribution in [2.45, 2.75) is 109 Å². The molecular formula is C35H48N6O4. The zero-order chi connectivity index (χ0) is 31.9. The predicted octanol–water partition coefficient (Wildman–Crippen LogP) is 5.07. The summed E-state index contributed by atoms with van der Waals surface area (Å²) in [4.78, 5) is 29.5. The fourth-order valence-electron chi connectivity index (χ4n) is 8.03. The van der Waals surface area contributed by atoms with E-state index in [0.717, 1.165) is 80.6 Å². The first-order valence-corrected chi connectivity index (χ1v) is 16.6. The topological polar surface area (TPSA) is 115 Å². The number of phenols is 1. The van der Waals surface area contributed by atoms with Crippen molar-refractivity contribution in [1.82, 2.24) is 19.8 Å². The van der Waals surface area contributed by atoms with Crippen LogP contribution in [0.2, 0.25) is 0 Å². The summed E-state index contributed by atoms with van der Waals surface area (Å²) in [6, 6.07) is 6.59. The van der Waals surface area contributed by atoms with Crippen molar-refractivity contribution in [1.29, 1.82) is 5.26 Å². The summed E-state index contributed by atoms with van der Waals surface area (Å²) in [6.45, 7) is 10.8. The molecular weight excluding hydrogens is 568 g/mol. The molecule has 10 nitrogen and oxygen atoms in total. The minimum absolute atomic E-state index is 0.0859. The molecule has 1 aromatic heterocycles. The zero-order valence-electron chi connectivity index (χ0n) is 27.6. The highest BCUT2D eigenvalue weighted by atomic mass is 16.6. The van der Waals surface area contributed by atoms with E-state index in [9.17, 15) is 15.2 Å². The molecule has 1 amide bonds. The highest BCUT2D eigenvalue weighted by Crippen LogP contribution is 2.49. The van der Waals surface area contributed by atoms with Gasteiger partial charge in [-0.3, -0.25) is 0 Å². The van der Waals surface area contributed by atoms with Gasteiger partial charge in [0, 0.05) is 36.7 Å². The second-order valence-electron chi connectivity index (χ2n) is 14.6. The summed E-state index contributed by atoms with van der Waals surface area (Å²) in [7, 11) is 2.14. The number of hydrogen-bond acceptors (Lipinski definition) is 9. The van der Waals surface area contributed by atoms with Gasteiger partial charge < -0.3 is 29.3 Å². The van der Waals surface area contributed by atoms with Crippen LogP contribution in [0, 0.1) is 18.3 Å². The van der Waals surface area contributed by atoms with Gasteiger partial charge >= 0.3 is 12.1 Å². The van der Waals surface area contributed by atoms with Crippen LogP contribution in [0.25, 0.3) is 0 Å². The Balaban J connectivity index is 1.34. The summed E-state index contributed by atoms with van der Waals surface area (Å²) in [6.07, 6.45) is 7.85. The molecule has 2 aliphatic carbocycles. The molecule has 4 aliphatic rings. The number of fused-ring (bicyclic) bond motifs is 3. The van der Waals surface area contributed by atoms with Crippen molar-refractivity contribution in [3.63, 3.8) is 0 Å². The lowest BCUT2D eigenvalue weighted by Crippen LogP contribution is -2.56. The maximum atomic E-state index is 13.1. The number of aromatic nitrogens is 2. The molecule has 1 spiro atoms. The van der Waals surface area contributed by atoms with Crippen molar-refractivity contribution in [2.75, 3.05) is 44.7 Å². The van der Waals surface area contributed by atoms with Crippen LogP contribution in [-0.4, -0.2) is 88.5 Å². The van der Waals surface area contributed by atoms with Crippen LogP contribution in [-0.2, 0) is 29.4 Å². The maximum Gasteiger partial charge on any atom is 0.410 e. The highest BCUT2D eigenvalue weighted by molar-refractivity contribution is 5.69. The highest BCUT2D eigenvalue weighted by Gasteiger charge is 2.43. The minimum atomic E-state index is -0.611. The first-order valence-electron chi connectivity index (χ1n) is 16.6. The molecule has 6 rings (SSSR count). The predicted molar refractivity (Wildman–Crippen MR) is 172 cm³/mol. The SMILES string of the molecule is Cc1cc(O)cc2c1CCCC21CCc2c(nc(OC[C@@H]3CCCN3C)nc2N2CCN(C(=O)OC(C)(C)C)[C@@H](CC#N)C2)C1. The van der Waals surface area contributed by atoms with Crippen LogP contribution in [0.5, 0.6) is 11.8 Å². The maximum absolute atomic E-state index is 13.1. The number of carbonyl (C=O) groups is 1. The number of anilines is 1. The molecule has 10 heteroatoms. The fraction of sp³-hybridized carbons (Fsp3) is 0.657. The van der Waals surface area contributed by atoms with Crippen LogP contribution in [0.3, 0.4) is 0 Å². The van der Waals surface area contributed by atoms with E-state index in [2.05, 4.69) is 29.8 Å². The molecule has 3 atom stereocenters. The molecule has 242 valence electrons. The Kier molecular flexibility index (Phi) is 8.59. The summed E-state index contributed by atoms with van der Waals surface area (Å²) in [5.41, 5.74) is 5.26. The third-order valence-corrected chi connectivity index (χ3v) is 10.3. The van der Waals surface area contributed by atoms with Crippen LogP contribution in [0.15, 0.2) is 12.1 Å². The Hall–Kier alpha value is -3.58. The number of phenolic OH excluding ortho intramolecular Hbond substituents is 1. The fourth-order valence-corrected chi connectivity index (χ4v) is 8.03. The Morgan fingerprint density at radius 3 is 2.67 bits per heavy atom. The van der Waals surface area contributed by atoms with E-state index >= 15 is 0 Å². The summed E-state index contributed by atoms with van der Waals surface area (Å²) < 4.78 is 12.1. The Morgan fingerprint density at radius 1 is 1.11 bits per heavy atom. The van der Waals surface area contributed by atoms with Gasteiger partial charge in [-0.2, -0.15) is 15.2 Å². The van der Waals surface area contributed by atoms with Gasteiger partial charge in [-0.1, -0.05) is 0 Å². The molecule has 2 fully saturated rings. The van der Waals surface area contributed by atoms with Crippen LogP contribution in [0.4, 0.5) is 10.6 Å². The molecule has 2 aromatic rings. The number of rotatable bonds is 5. The number of likely N-dealkylation sites (tertiary alicyclic amines) is 1. The lowest BCUT2D eigenvalue weighted by Gasteiger charge is -2.45. The standard InChI is InChI=1S/C35H48N6O4/c1-23-18-26(42)19-29-27(23)9-6-12-35(29)13-10-28-30(20-35)37-32(44-22-25-8-7-15-39(25)5)38-31(28)40-16-17-41(24(21-40)11-14-36)33(43)45-34(2,3)4/h18-19,24-25,42H,6-13,15-17,20-22H2,1-5H3/t24-,25-,35?/m0/s1. The number of benzene rings is 1. The lowest BCUT2D eigenvalue weighted by atomic mass is 9.61. The Bertz CT molecular complexity index is 1480. The summed E-state index contributed by atoms with van der Waals surface area (Å²) in [5, 5.41) is 20.3. The number of nitriles is 1. The van der Waals surface area contributed by atoms with Crippen molar-refractivity contribution >= 4 is 11.9 Å². The van der Waals surface area contributed by atoms with Gasteiger partial charge in [-0.15, -0.1) is 0 Å². The van der Waals surface area contributed by atoms with E-state index < -0.39 is 5.60 Å². The van der Waals surface area contributed by atoms with Gasteiger partial charge in [0.15, 0.2) is 0 Å². The first kappa shape index (κ1) is 31.4. The second kappa shape index (κ2) is 12.3. The molecule has 3 heterocycles. The number of carbonyl (C=O) groups excluding carboxylic acids is 1. The minimum Gasteiger partial charge on any atom is -0.508 e. The largest absolute Gasteiger partial charge is 0.508 e. The Morgan fingerprint density at radius 2 is 1.93 bits per heavy atom. The number of likely N-dealkylation sites (N-methyl/N-ethyl adjacent to an activating group) is 1. The van der Waals surface area contributed by atoms with Gasteiger partial charge in [0.2, 0.25) is 0 Å². The van der Waals surface area contributed by atoms with Gasteiger partial charge in [-0.05, 0) is 121 Å². The molecule has 45 heavy (non-hydrogen) atoms. The van der Waals surface area contributed by atoms with Gasteiger partial charge in [-0.25, -0.2) is 4.79 Å². The van der Waals surface area contributed by atoms with Crippen LogP contribution >= 0.6 is 0 Å². The molecule has 0 bridgehead atoms. The number of aromatic hydroxyl groups is 1. The monoisotopic (exact) mass is 616 g/mol. The van der Waals surface area contributed by atoms with E-state index in [1.165, 1.54) is 11.1 Å². The van der Waals surface area contributed by atoms with Gasteiger partial charge in [0.25, 0.3) is 0 Å². The third-order valence-electron chi connectivity index (χ3n) is 10.3. The summed E-state index contributed by atoms with van der Waals surface area (Å²) in [5.74, 6) is 1.19. The zero-order valence-corrected chi connectivity index (χ0v) is 27.6. The molecule has 2 aliphatic heterocycles. The van der Waals surface area contributed by atoms with Crippen molar-refractivity contribution < 1.29 is 19.4 Å². The van der Waals surface area contributed by atoms with E-state index in [0.29, 0.717) is 44.0 Å². The van der Waals surface area contributed by atoms with E-state index in [1.807, 2.05) is 32.9 Å². The summed E-state index contributed by atoms with van der Waals surface area (Å²) >= 11 is 0. The molecule has 1 unspecified atom stereocenters. The Labute approximate surface area is 267 Å². The number of hydrogen-bond donors (Lipinski definition) is 1. The molecule has 1 aromatic carbocycles. The smallest absolute Gasteiger partial charge is 0.410 e. The van der Waals surface area contributed by atoms with E-state index in [-0.39, 0.29) is 24.0 Å². The van der Waals surface area contributed by atoms with Crippen LogP contribution < -0.4 is 9.64 Å². The number of aryl methyl sites for hydroxylation is 1. The molecule has 1 N–H and O–H groups in total. The second-order valence-corrected chi connectivity index (χ2v) is 14.6. The lowest BCUT2D eigenvalue weighted by molar-refractivity contribution is 0.0144. The van der Waals surface area contributed by atoms with Gasteiger partial charge in [0.05, 0.1) is 24.2 Å². The van der Waals surface area contributed by atoms with Gasteiger partial charge in [0.1, 0.15) is 23.8 Å². The van der Waals surface area contributed by atoms with E-state index in [4.69, 9.17) is 19.4 Å². The number of piperazine rings is 1. The molecule has 0 radical (unpaired) electrons. The molecule has 0 saturated carbocycles. The number of nitrogens with zero attached hydrogens (tertiary/aromatic N) is 6. The van der Waals surface area contributed by atoms with Crippen LogP contribution in [0.1, 0.15) is 87.2 Å². The number of ether oxygens (including phenoxy) is 2. The number of amides is 1. The van der Waals surface area contributed by atoms with Crippen molar-refractivity contribution in [2.24, 2.45) is 0 Å². The van der Waals surface area contributed by atoms with Crippen molar-refractivity contribution in [3.8, 4) is 17.8 Å². The van der Waals surface area contributed by atoms with E-state index in [1.54, 1.807) is 4.90 Å². The quantitative estimate of drug-likeness (QED) is 0.492. The third kappa shape index (κ3) is 6.42. The first-order chi connectivity index (χ1) is 21.5. The normalized spacial score (nSPS) is 25.1.